The van der Waals surface area contributed by atoms with Crippen LogP contribution in [0, 0.1) is 5.92 Å². The van der Waals surface area contributed by atoms with Crippen LogP contribution in [0.4, 0.5) is 0 Å². The first kappa shape index (κ1) is 16.0. The molecule has 5 nitrogen and oxygen atoms in total. The zero-order valence-electron chi connectivity index (χ0n) is 12.3. The molecule has 1 aliphatic heterocycles. The van der Waals surface area contributed by atoms with Gasteiger partial charge in [0.25, 0.3) is 0 Å². The molecular formula is C15H21NO4S. The molecule has 0 spiro atoms. The van der Waals surface area contributed by atoms with Crippen LogP contribution in [0.3, 0.4) is 0 Å². The number of carboxylic acid groups (broad SMARTS) is 1. The summed E-state index contributed by atoms with van der Waals surface area (Å²) in [7, 11) is -3.51. The van der Waals surface area contributed by atoms with E-state index in [0.717, 1.165) is 5.56 Å². The minimum Gasteiger partial charge on any atom is -0.481 e. The first-order valence-electron chi connectivity index (χ1n) is 7.12. The summed E-state index contributed by atoms with van der Waals surface area (Å²) in [4.78, 5) is 11.0. The topological polar surface area (TPSA) is 74.7 Å². The molecule has 1 unspecified atom stereocenters. The summed E-state index contributed by atoms with van der Waals surface area (Å²) < 4.78 is 26.4. The molecular weight excluding hydrogens is 290 g/mol. The average molecular weight is 311 g/mol. The van der Waals surface area contributed by atoms with Crippen molar-refractivity contribution < 1.29 is 18.3 Å². The maximum atomic E-state index is 12.5. The summed E-state index contributed by atoms with van der Waals surface area (Å²) in [6.45, 7) is 4.80. The van der Waals surface area contributed by atoms with Crippen LogP contribution in [-0.2, 0) is 14.8 Å². The molecule has 1 N–H and O–H groups in total. The highest BCUT2D eigenvalue weighted by molar-refractivity contribution is 7.89. The molecule has 0 saturated carbocycles. The molecule has 1 aromatic carbocycles. The van der Waals surface area contributed by atoms with Gasteiger partial charge in [0.15, 0.2) is 0 Å². The van der Waals surface area contributed by atoms with Gasteiger partial charge in [0.1, 0.15) is 0 Å². The number of carbonyl (C=O) groups is 1. The van der Waals surface area contributed by atoms with E-state index in [0.29, 0.717) is 25.4 Å². The molecule has 0 amide bonds. The van der Waals surface area contributed by atoms with E-state index in [1.54, 1.807) is 12.1 Å². The van der Waals surface area contributed by atoms with Gasteiger partial charge in [-0.15, -0.1) is 0 Å². The Balaban J connectivity index is 2.13. The molecule has 1 heterocycles. The molecule has 0 aromatic heterocycles. The lowest BCUT2D eigenvalue weighted by Gasteiger charge is -2.17. The molecule has 0 aliphatic carbocycles. The van der Waals surface area contributed by atoms with Crippen molar-refractivity contribution in [3.8, 4) is 0 Å². The van der Waals surface area contributed by atoms with Crippen LogP contribution in [-0.4, -0.2) is 36.9 Å². The Morgan fingerprint density at radius 3 is 2.48 bits per heavy atom. The zero-order chi connectivity index (χ0) is 15.6. The van der Waals surface area contributed by atoms with Crippen LogP contribution in [0.5, 0.6) is 0 Å². The monoisotopic (exact) mass is 311 g/mol. The second-order valence-corrected chi connectivity index (χ2v) is 7.78. The fourth-order valence-corrected chi connectivity index (χ4v) is 4.13. The van der Waals surface area contributed by atoms with Gasteiger partial charge in [-0.3, -0.25) is 4.79 Å². The highest BCUT2D eigenvalue weighted by Gasteiger charge is 2.33. The third-order valence-corrected chi connectivity index (χ3v) is 5.78. The lowest BCUT2D eigenvalue weighted by molar-refractivity contribution is -0.137. The van der Waals surface area contributed by atoms with Crippen molar-refractivity contribution in [2.24, 2.45) is 5.92 Å². The predicted octanol–water partition coefficient (Wildman–Crippen LogP) is 2.30. The minimum absolute atomic E-state index is 0.0261. The van der Waals surface area contributed by atoms with Crippen molar-refractivity contribution >= 4 is 16.0 Å². The zero-order valence-corrected chi connectivity index (χ0v) is 13.1. The fourth-order valence-electron chi connectivity index (χ4n) is 2.60. The van der Waals surface area contributed by atoms with Crippen molar-refractivity contribution in [2.45, 2.75) is 37.5 Å². The SMILES string of the molecule is CC(C)c1ccc(S(=O)(=O)N2CCC(CC(=O)O)C2)cc1. The lowest BCUT2D eigenvalue weighted by Crippen LogP contribution is -2.29. The third kappa shape index (κ3) is 3.63. The van der Waals surface area contributed by atoms with Crippen LogP contribution in [0.15, 0.2) is 29.2 Å². The van der Waals surface area contributed by atoms with Gasteiger partial charge in [0.2, 0.25) is 10.0 Å². The predicted molar refractivity (Wildman–Crippen MR) is 79.6 cm³/mol. The van der Waals surface area contributed by atoms with E-state index in [1.807, 2.05) is 12.1 Å². The van der Waals surface area contributed by atoms with Gasteiger partial charge in [-0.25, -0.2) is 8.42 Å². The lowest BCUT2D eigenvalue weighted by atomic mass is 10.0. The Kier molecular flexibility index (Phi) is 4.68. The average Bonchev–Trinajstić information content (AvgIpc) is 2.87. The number of hydrogen-bond acceptors (Lipinski definition) is 3. The normalized spacial score (nSPS) is 20.0. The maximum Gasteiger partial charge on any atom is 0.303 e. The number of sulfonamides is 1. The summed E-state index contributed by atoms with van der Waals surface area (Å²) >= 11 is 0. The quantitative estimate of drug-likeness (QED) is 0.905. The van der Waals surface area contributed by atoms with Crippen molar-refractivity contribution in [1.82, 2.24) is 4.31 Å². The molecule has 1 saturated heterocycles. The molecule has 116 valence electrons. The Hall–Kier alpha value is -1.40. The second-order valence-electron chi connectivity index (χ2n) is 5.84. The van der Waals surface area contributed by atoms with Crippen LogP contribution in [0.2, 0.25) is 0 Å². The van der Waals surface area contributed by atoms with Crippen molar-refractivity contribution in [1.29, 1.82) is 0 Å². The van der Waals surface area contributed by atoms with Gasteiger partial charge in [0.05, 0.1) is 4.90 Å². The van der Waals surface area contributed by atoms with E-state index in [-0.39, 0.29) is 17.2 Å². The van der Waals surface area contributed by atoms with Gasteiger partial charge in [-0.05, 0) is 36.0 Å². The Morgan fingerprint density at radius 1 is 1.33 bits per heavy atom. The van der Waals surface area contributed by atoms with E-state index >= 15 is 0 Å². The third-order valence-electron chi connectivity index (χ3n) is 3.90. The van der Waals surface area contributed by atoms with E-state index < -0.39 is 16.0 Å². The van der Waals surface area contributed by atoms with Crippen LogP contribution < -0.4 is 0 Å². The molecule has 1 atom stereocenters. The number of hydrogen-bond donors (Lipinski definition) is 1. The number of nitrogens with zero attached hydrogens (tertiary/aromatic N) is 1. The molecule has 2 rings (SSSR count). The van der Waals surface area contributed by atoms with Crippen molar-refractivity contribution in [3.63, 3.8) is 0 Å². The van der Waals surface area contributed by atoms with E-state index in [1.165, 1.54) is 4.31 Å². The van der Waals surface area contributed by atoms with Crippen LogP contribution >= 0.6 is 0 Å². The summed E-state index contributed by atoms with van der Waals surface area (Å²) in [5, 5.41) is 8.79. The minimum atomic E-state index is -3.51. The molecule has 1 aromatic rings. The summed E-state index contributed by atoms with van der Waals surface area (Å²) in [6.07, 6.45) is 0.633. The standard InChI is InChI=1S/C15H21NO4S/c1-11(2)13-3-5-14(6-4-13)21(19,20)16-8-7-12(10-16)9-15(17)18/h3-6,11-12H,7-10H2,1-2H3,(H,17,18). The summed E-state index contributed by atoms with van der Waals surface area (Å²) in [6, 6.07) is 6.94. The highest BCUT2D eigenvalue weighted by Crippen LogP contribution is 2.27. The van der Waals surface area contributed by atoms with Gasteiger partial charge < -0.3 is 5.11 Å². The molecule has 0 radical (unpaired) electrons. The molecule has 0 bridgehead atoms. The summed E-state index contributed by atoms with van der Waals surface area (Å²) in [5.74, 6) is -0.610. The van der Waals surface area contributed by atoms with Crippen LogP contribution in [0.1, 0.15) is 38.2 Å². The Bertz CT molecular complexity index is 607. The van der Waals surface area contributed by atoms with Gasteiger partial charge >= 0.3 is 5.97 Å². The van der Waals surface area contributed by atoms with Crippen LogP contribution in [0.25, 0.3) is 0 Å². The second kappa shape index (κ2) is 6.15. The van der Waals surface area contributed by atoms with Gasteiger partial charge in [-0.2, -0.15) is 4.31 Å². The number of carboxylic acids is 1. The fraction of sp³-hybridized carbons (Fsp3) is 0.533. The van der Waals surface area contributed by atoms with Crippen molar-refractivity contribution in [2.75, 3.05) is 13.1 Å². The maximum absolute atomic E-state index is 12.5. The Labute approximate surface area is 125 Å². The number of benzene rings is 1. The number of rotatable bonds is 5. The number of aliphatic carboxylic acids is 1. The molecule has 1 aliphatic rings. The highest BCUT2D eigenvalue weighted by atomic mass is 32.2. The van der Waals surface area contributed by atoms with Gasteiger partial charge in [0, 0.05) is 19.5 Å². The van der Waals surface area contributed by atoms with E-state index in [4.69, 9.17) is 5.11 Å². The Morgan fingerprint density at radius 2 is 1.95 bits per heavy atom. The smallest absolute Gasteiger partial charge is 0.303 e. The van der Waals surface area contributed by atoms with Gasteiger partial charge in [-0.1, -0.05) is 26.0 Å². The molecule has 6 heteroatoms. The summed E-state index contributed by atoms with van der Waals surface area (Å²) in [5.41, 5.74) is 1.10. The largest absolute Gasteiger partial charge is 0.481 e. The molecule has 1 fully saturated rings. The first-order chi connectivity index (χ1) is 9.80. The molecule has 21 heavy (non-hydrogen) atoms. The van der Waals surface area contributed by atoms with Crippen molar-refractivity contribution in [3.05, 3.63) is 29.8 Å². The van der Waals surface area contributed by atoms with E-state index in [2.05, 4.69) is 13.8 Å². The van der Waals surface area contributed by atoms with E-state index in [9.17, 15) is 13.2 Å². The first-order valence-corrected chi connectivity index (χ1v) is 8.56.